The van der Waals surface area contributed by atoms with Crippen LogP contribution in [0.4, 0.5) is 10.5 Å². The summed E-state index contributed by atoms with van der Waals surface area (Å²) in [5.41, 5.74) is 1.01. The van der Waals surface area contributed by atoms with E-state index in [1.165, 1.54) is 31.0 Å². The predicted octanol–water partition coefficient (Wildman–Crippen LogP) is 2.37. The first-order chi connectivity index (χ1) is 16.3. The molecule has 0 fully saturated rings. The molecule has 1 unspecified atom stereocenters. The van der Waals surface area contributed by atoms with Crippen LogP contribution in [0.25, 0.3) is 11.3 Å². The average Bonchev–Trinajstić information content (AvgIpc) is 2.84. The molecule has 0 aliphatic carbocycles. The zero-order valence-corrected chi connectivity index (χ0v) is 18.9. The molecule has 2 amide bonds. The van der Waals surface area contributed by atoms with Gasteiger partial charge in [-0.3, -0.25) is 9.59 Å². The van der Waals surface area contributed by atoms with E-state index >= 15 is 0 Å². The number of hydrogen-bond acceptors (Lipinski definition) is 8. The molecular weight excluding hydrogens is 442 g/mol. The molecule has 0 aliphatic rings. The highest BCUT2D eigenvalue weighted by molar-refractivity contribution is 5.91. The number of carbonyl (C=O) groups excluding carboxylic acids is 2. The SMILES string of the molecule is CCOC(=O)CC(NC(=O)Nc1c(O)ccn(C)c1=O)c1cccc(-c2ccc(OC)nn2)c1. The Labute approximate surface area is 195 Å². The number of aromatic nitrogens is 3. The van der Waals surface area contributed by atoms with Crippen molar-refractivity contribution in [1.29, 1.82) is 0 Å². The van der Waals surface area contributed by atoms with Crippen molar-refractivity contribution in [2.45, 2.75) is 19.4 Å². The molecule has 11 nitrogen and oxygen atoms in total. The van der Waals surface area contributed by atoms with Gasteiger partial charge in [0.25, 0.3) is 5.56 Å². The number of aromatic hydroxyl groups is 1. The molecule has 3 aromatic rings. The standard InChI is InChI=1S/C23H25N5O6/c1-4-34-20(30)13-17(24-23(32)25-21-18(29)10-11-28(2)22(21)31)15-7-5-6-14(12-15)16-8-9-19(33-3)27-26-16/h5-12,17,29H,4,13H2,1-3H3,(H2,24,25,32). The van der Waals surface area contributed by atoms with Crippen molar-refractivity contribution >= 4 is 17.7 Å². The van der Waals surface area contributed by atoms with E-state index in [-0.39, 0.29) is 24.5 Å². The van der Waals surface area contributed by atoms with Crippen LogP contribution in [0.3, 0.4) is 0 Å². The Kier molecular flexibility index (Phi) is 7.80. The lowest BCUT2D eigenvalue weighted by Gasteiger charge is -2.20. The van der Waals surface area contributed by atoms with Crippen LogP contribution < -0.4 is 20.9 Å². The summed E-state index contributed by atoms with van der Waals surface area (Å²) < 4.78 is 11.3. The smallest absolute Gasteiger partial charge is 0.319 e. The van der Waals surface area contributed by atoms with Gasteiger partial charge in [-0.05, 0) is 30.7 Å². The number of nitrogens with zero attached hydrogens (tertiary/aromatic N) is 3. The second-order valence-electron chi connectivity index (χ2n) is 7.24. The highest BCUT2D eigenvalue weighted by Crippen LogP contribution is 2.25. The second-order valence-corrected chi connectivity index (χ2v) is 7.24. The first kappa shape index (κ1) is 24.2. The van der Waals surface area contributed by atoms with Gasteiger partial charge in [0.05, 0.1) is 31.9 Å². The van der Waals surface area contributed by atoms with Crippen molar-refractivity contribution in [2.24, 2.45) is 7.05 Å². The summed E-state index contributed by atoms with van der Waals surface area (Å²) in [5, 5.41) is 23.1. The van der Waals surface area contributed by atoms with Crippen LogP contribution in [-0.2, 0) is 16.6 Å². The van der Waals surface area contributed by atoms with Crippen molar-refractivity contribution in [2.75, 3.05) is 19.0 Å². The number of nitrogens with one attached hydrogen (secondary N) is 2. The van der Waals surface area contributed by atoms with Gasteiger partial charge in [-0.15, -0.1) is 10.2 Å². The summed E-state index contributed by atoms with van der Waals surface area (Å²) >= 11 is 0. The van der Waals surface area contributed by atoms with E-state index < -0.39 is 23.6 Å². The van der Waals surface area contributed by atoms with E-state index in [1.807, 2.05) is 6.07 Å². The third kappa shape index (κ3) is 5.88. The molecule has 3 rings (SSSR count). The first-order valence-corrected chi connectivity index (χ1v) is 10.4. The van der Waals surface area contributed by atoms with Crippen molar-refractivity contribution in [3.05, 3.63) is 64.6 Å². The number of hydrogen-bond donors (Lipinski definition) is 3. The average molecular weight is 467 g/mol. The number of rotatable bonds is 8. The number of benzene rings is 1. The largest absolute Gasteiger partial charge is 0.505 e. The number of ether oxygens (including phenoxy) is 2. The number of aryl methyl sites for hydroxylation is 1. The molecule has 2 heterocycles. The minimum absolute atomic E-state index is 0.155. The van der Waals surface area contributed by atoms with Gasteiger partial charge in [0, 0.05) is 24.9 Å². The van der Waals surface area contributed by atoms with Gasteiger partial charge in [0.1, 0.15) is 5.75 Å². The van der Waals surface area contributed by atoms with E-state index in [9.17, 15) is 19.5 Å². The van der Waals surface area contributed by atoms with Gasteiger partial charge in [-0.1, -0.05) is 18.2 Å². The van der Waals surface area contributed by atoms with Crippen molar-refractivity contribution < 1.29 is 24.2 Å². The van der Waals surface area contributed by atoms with Gasteiger partial charge < -0.3 is 29.8 Å². The summed E-state index contributed by atoms with van der Waals surface area (Å²) in [6.45, 7) is 1.87. The molecule has 0 saturated carbocycles. The molecule has 1 atom stereocenters. The number of anilines is 1. The number of esters is 1. The van der Waals surface area contributed by atoms with E-state index in [2.05, 4.69) is 20.8 Å². The maximum Gasteiger partial charge on any atom is 0.319 e. The van der Waals surface area contributed by atoms with Gasteiger partial charge in [0.2, 0.25) is 5.88 Å². The molecule has 11 heteroatoms. The molecule has 0 radical (unpaired) electrons. The lowest BCUT2D eigenvalue weighted by molar-refractivity contribution is -0.143. The fraction of sp³-hybridized carbons (Fsp3) is 0.261. The predicted molar refractivity (Wildman–Crippen MR) is 124 cm³/mol. The van der Waals surface area contributed by atoms with Gasteiger partial charge in [0.15, 0.2) is 5.69 Å². The zero-order valence-electron chi connectivity index (χ0n) is 18.9. The molecule has 3 N–H and O–H groups in total. The monoisotopic (exact) mass is 467 g/mol. The van der Waals surface area contributed by atoms with Crippen LogP contribution in [0.2, 0.25) is 0 Å². The topological polar surface area (TPSA) is 145 Å². The summed E-state index contributed by atoms with van der Waals surface area (Å²) in [6.07, 6.45) is 1.22. The molecule has 34 heavy (non-hydrogen) atoms. The molecule has 2 aromatic heterocycles. The summed E-state index contributed by atoms with van der Waals surface area (Å²) in [5.74, 6) is -0.519. The van der Waals surface area contributed by atoms with E-state index in [0.29, 0.717) is 22.7 Å². The number of pyridine rings is 1. The zero-order chi connectivity index (χ0) is 24.7. The molecule has 0 saturated heterocycles. The van der Waals surface area contributed by atoms with Crippen molar-refractivity contribution in [3.8, 4) is 22.9 Å². The Morgan fingerprint density at radius 1 is 1.18 bits per heavy atom. The van der Waals surface area contributed by atoms with Crippen molar-refractivity contribution in [1.82, 2.24) is 20.1 Å². The van der Waals surface area contributed by atoms with Crippen LogP contribution in [-0.4, -0.2) is 45.6 Å². The van der Waals surface area contributed by atoms with Gasteiger partial charge in [-0.25, -0.2) is 4.79 Å². The van der Waals surface area contributed by atoms with Gasteiger partial charge in [-0.2, -0.15) is 0 Å². The highest BCUT2D eigenvalue weighted by Gasteiger charge is 2.21. The molecule has 1 aromatic carbocycles. The summed E-state index contributed by atoms with van der Waals surface area (Å²) in [4.78, 5) is 37.2. The summed E-state index contributed by atoms with van der Waals surface area (Å²) in [6, 6.07) is 10.2. The van der Waals surface area contributed by atoms with Crippen LogP contribution in [0, 0.1) is 0 Å². The number of amides is 2. The van der Waals surface area contributed by atoms with E-state index in [1.54, 1.807) is 37.3 Å². The third-order valence-corrected chi connectivity index (χ3v) is 4.90. The highest BCUT2D eigenvalue weighted by atomic mass is 16.5. The van der Waals surface area contributed by atoms with E-state index in [4.69, 9.17) is 9.47 Å². The number of methoxy groups -OCH3 is 1. The van der Waals surface area contributed by atoms with E-state index in [0.717, 1.165) is 0 Å². The fourth-order valence-corrected chi connectivity index (χ4v) is 3.18. The minimum Gasteiger partial charge on any atom is -0.505 e. The Morgan fingerprint density at radius 2 is 1.97 bits per heavy atom. The molecule has 178 valence electrons. The quantitative estimate of drug-likeness (QED) is 0.428. The molecular formula is C23H25N5O6. The summed E-state index contributed by atoms with van der Waals surface area (Å²) in [7, 11) is 2.98. The van der Waals surface area contributed by atoms with Crippen LogP contribution in [0.15, 0.2) is 53.5 Å². The van der Waals surface area contributed by atoms with Crippen LogP contribution in [0.5, 0.6) is 11.6 Å². The van der Waals surface area contributed by atoms with Crippen molar-refractivity contribution in [3.63, 3.8) is 0 Å². The van der Waals surface area contributed by atoms with Crippen LogP contribution >= 0.6 is 0 Å². The van der Waals surface area contributed by atoms with Gasteiger partial charge >= 0.3 is 12.0 Å². The Bertz CT molecular complexity index is 1230. The molecule has 0 aliphatic heterocycles. The number of carbonyl (C=O) groups is 2. The first-order valence-electron chi connectivity index (χ1n) is 10.4. The minimum atomic E-state index is -0.792. The Hall–Kier alpha value is -4.41. The lowest BCUT2D eigenvalue weighted by Crippen LogP contribution is -2.36. The second kappa shape index (κ2) is 10.9. The normalized spacial score (nSPS) is 11.4. The van der Waals surface area contributed by atoms with Crippen LogP contribution in [0.1, 0.15) is 24.9 Å². The molecule has 0 spiro atoms. The Morgan fingerprint density at radius 3 is 2.65 bits per heavy atom. The fourth-order valence-electron chi connectivity index (χ4n) is 3.18. The molecule has 0 bridgehead atoms. The maximum absolute atomic E-state index is 12.7. The third-order valence-electron chi connectivity index (χ3n) is 4.90. The maximum atomic E-state index is 12.7. The lowest BCUT2D eigenvalue weighted by atomic mass is 10.00. The Balaban J connectivity index is 1.87. The number of urea groups is 1.